The van der Waals surface area contributed by atoms with E-state index in [1.165, 1.54) is 6.42 Å². The molecule has 2 atom stereocenters. The minimum absolute atomic E-state index is 0.408. The zero-order valence-electron chi connectivity index (χ0n) is 11.4. The summed E-state index contributed by atoms with van der Waals surface area (Å²) in [6.45, 7) is 2.63. The van der Waals surface area contributed by atoms with E-state index in [9.17, 15) is 0 Å². The van der Waals surface area contributed by atoms with E-state index in [-0.39, 0.29) is 0 Å². The second-order valence-corrected chi connectivity index (χ2v) is 6.23. The molecule has 2 N–H and O–H groups in total. The summed E-state index contributed by atoms with van der Waals surface area (Å²) in [6.07, 6.45) is 1.19. The molecule has 1 aliphatic carbocycles. The van der Waals surface area contributed by atoms with Crippen molar-refractivity contribution in [1.29, 1.82) is 0 Å². The number of aromatic nitrogens is 2. The first-order valence-electron chi connectivity index (χ1n) is 6.51. The molecular weight excluding hydrogens is 369 g/mol. The normalized spacial score (nSPS) is 21.1. The molecule has 0 spiro atoms. The summed E-state index contributed by atoms with van der Waals surface area (Å²) in [6, 6.07) is 3.93. The molecular formula is C14H16IN3O2. The fourth-order valence-corrected chi connectivity index (χ4v) is 2.64. The molecule has 106 valence electrons. The van der Waals surface area contributed by atoms with Crippen molar-refractivity contribution < 1.29 is 9.15 Å². The summed E-state index contributed by atoms with van der Waals surface area (Å²) in [7, 11) is 1.63. The second kappa shape index (κ2) is 5.33. The molecule has 6 heteroatoms. The van der Waals surface area contributed by atoms with E-state index >= 15 is 0 Å². The predicted octanol–water partition coefficient (Wildman–Crippen LogP) is 3.19. The number of rotatable bonds is 4. The predicted molar refractivity (Wildman–Crippen MR) is 84.1 cm³/mol. The van der Waals surface area contributed by atoms with Gasteiger partial charge in [0, 0.05) is 13.0 Å². The fraction of sp³-hybridized carbons (Fsp3) is 0.429. The maximum absolute atomic E-state index is 5.93. The van der Waals surface area contributed by atoms with Crippen molar-refractivity contribution >= 4 is 28.4 Å². The van der Waals surface area contributed by atoms with Gasteiger partial charge in [-0.3, -0.25) is 0 Å². The number of halogens is 1. The van der Waals surface area contributed by atoms with E-state index in [4.69, 9.17) is 14.9 Å². The molecule has 0 amide bonds. The Hall–Kier alpha value is -1.15. The Balaban J connectivity index is 1.95. The number of hydrogen-bond acceptors (Lipinski definition) is 5. The van der Waals surface area contributed by atoms with Gasteiger partial charge in [-0.1, -0.05) is 6.92 Å². The van der Waals surface area contributed by atoms with Crippen molar-refractivity contribution in [1.82, 2.24) is 9.97 Å². The molecule has 20 heavy (non-hydrogen) atoms. The van der Waals surface area contributed by atoms with Crippen molar-refractivity contribution in [3.05, 3.63) is 27.2 Å². The van der Waals surface area contributed by atoms with Gasteiger partial charge in [-0.2, -0.15) is 0 Å². The van der Waals surface area contributed by atoms with Crippen LogP contribution >= 0.6 is 22.6 Å². The highest BCUT2D eigenvalue weighted by molar-refractivity contribution is 14.1. The van der Waals surface area contributed by atoms with E-state index < -0.39 is 0 Å². The van der Waals surface area contributed by atoms with Crippen LogP contribution in [0.3, 0.4) is 0 Å². The first-order valence-corrected chi connectivity index (χ1v) is 7.59. The lowest BCUT2D eigenvalue weighted by Crippen LogP contribution is -2.05. The summed E-state index contributed by atoms with van der Waals surface area (Å²) >= 11 is 2.13. The molecule has 1 saturated carbocycles. The van der Waals surface area contributed by atoms with E-state index in [0.29, 0.717) is 35.8 Å². The lowest BCUT2D eigenvalue weighted by molar-refractivity contribution is 0.181. The van der Waals surface area contributed by atoms with Gasteiger partial charge in [0.1, 0.15) is 11.6 Å². The molecule has 2 aromatic rings. The van der Waals surface area contributed by atoms with Crippen LogP contribution in [-0.4, -0.2) is 17.1 Å². The highest BCUT2D eigenvalue weighted by Crippen LogP contribution is 2.47. The average Bonchev–Trinajstić information content (AvgIpc) is 2.96. The molecule has 0 saturated heterocycles. The van der Waals surface area contributed by atoms with Gasteiger partial charge in [-0.25, -0.2) is 9.97 Å². The van der Waals surface area contributed by atoms with Gasteiger partial charge in [-0.05, 0) is 47.1 Å². The van der Waals surface area contributed by atoms with E-state index in [0.717, 1.165) is 15.0 Å². The highest BCUT2D eigenvalue weighted by Gasteiger charge is 2.36. The largest absolute Gasteiger partial charge is 0.457 e. The summed E-state index contributed by atoms with van der Waals surface area (Å²) in [5.74, 6) is 3.92. The van der Waals surface area contributed by atoms with Crippen LogP contribution in [-0.2, 0) is 11.3 Å². The SMILES string of the molecule is COCc1nc(-c2ccc(C3CC3C)o2)nc(N)c1I. The van der Waals surface area contributed by atoms with E-state index in [1.807, 2.05) is 12.1 Å². The van der Waals surface area contributed by atoms with Gasteiger partial charge in [0.25, 0.3) is 0 Å². The third-order valence-electron chi connectivity index (χ3n) is 3.55. The lowest BCUT2D eigenvalue weighted by atomic mass is 10.3. The van der Waals surface area contributed by atoms with Gasteiger partial charge >= 0.3 is 0 Å². The van der Waals surface area contributed by atoms with Gasteiger partial charge in [0.15, 0.2) is 11.6 Å². The van der Waals surface area contributed by atoms with Crippen molar-refractivity contribution in [3.63, 3.8) is 0 Å². The number of nitrogens with zero attached hydrogens (tertiary/aromatic N) is 2. The average molecular weight is 385 g/mol. The molecule has 2 unspecified atom stereocenters. The van der Waals surface area contributed by atoms with Crippen molar-refractivity contribution in [3.8, 4) is 11.6 Å². The summed E-state index contributed by atoms with van der Waals surface area (Å²) < 4.78 is 11.8. The number of methoxy groups -OCH3 is 1. The molecule has 0 aliphatic heterocycles. The van der Waals surface area contributed by atoms with Crippen LogP contribution in [0.1, 0.15) is 30.7 Å². The number of nitrogen functional groups attached to an aromatic ring is 1. The quantitative estimate of drug-likeness (QED) is 0.819. The Morgan fingerprint density at radius 1 is 1.45 bits per heavy atom. The van der Waals surface area contributed by atoms with Gasteiger partial charge < -0.3 is 14.9 Å². The molecule has 0 bridgehead atoms. The Morgan fingerprint density at radius 3 is 2.85 bits per heavy atom. The van der Waals surface area contributed by atoms with Gasteiger partial charge in [0.2, 0.25) is 0 Å². The Bertz CT molecular complexity index is 641. The Labute approximate surface area is 131 Å². The van der Waals surface area contributed by atoms with Crippen LogP contribution in [0.15, 0.2) is 16.5 Å². The highest BCUT2D eigenvalue weighted by atomic mass is 127. The molecule has 2 heterocycles. The third-order valence-corrected chi connectivity index (χ3v) is 4.72. The van der Waals surface area contributed by atoms with Crippen molar-refractivity contribution in [2.24, 2.45) is 5.92 Å². The smallest absolute Gasteiger partial charge is 0.198 e. The van der Waals surface area contributed by atoms with E-state index in [1.54, 1.807) is 7.11 Å². The Morgan fingerprint density at radius 2 is 2.20 bits per heavy atom. The topological polar surface area (TPSA) is 74.2 Å². The van der Waals surface area contributed by atoms with Crippen molar-refractivity contribution in [2.45, 2.75) is 25.9 Å². The van der Waals surface area contributed by atoms with Crippen LogP contribution in [0.5, 0.6) is 0 Å². The van der Waals surface area contributed by atoms with E-state index in [2.05, 4.69) is 39.5 Å². The summed E-state index contributed by atoms with van der Waals surface area (Å²) in [5.41, 5.74) is 6.72. The molecule has 5 nitrogen and oxygen atoms in total. The molecule has 1 aliphatic rings. The van der Waals surface area contributed by atoms with Crippen LogP contribution in [0.25, 0.3) is 11.6 Å². The lowest BCUT2D eigenvalue weighted by Gasteiger charge is -2.06. The number of furan rings is 1. The molecule has 0 radical (unpaired) electrons. The van der Waals surface area contributed by atoms with Gasteiger partial charge in [-0.15, -0.1) is 0 Å². The number of anilines is 1. The first-order chi connectivity index (χ1) is 9.60. The standard InChI is InChI=1S/C14H16IN3O2/c1-7-5-8(7)10-3-4-11(20-10)14-17-9(6-19-2)12(15)13(16)18-14/h3-4,7-8H,5-6H2,1-2H3,(H2,16,17,18). The molecule has 0 aromatic carbocycles. The monoisotopic (exact) mass is 385 g/mol. The van der Waals surface area contributed by atoms with Gasteiger partial charge in [0.05, 0.1) is 15.9 Å². The second-order valence-electron chi connectivity index (χ2n) is 5.15. The maximum atomic E-state index is 5.93. The minimum Gasteiger partial charge on any atom is -0.457 e. The number of nitrogens with two attached hydrogens (primary N) is 1. The number of ether oxygens (including phenoxy) is 1. The summed E-state index contributed by atoms with van der Waals surface area (Å²) in [5, 5.41) is 0. The summed E-state index contributed by atoms with van der Waals surface area (Å²) in [4.78, 5) is 8.80. The zero-order chi connectivity index (χ0) is 14.3. The van der Waals surface area contributed by atoms with Crippen molar-refractivity contribution in [2.75, 3.05) is 12.8 Å². The fourth-order valence-electron chi connectivity index (χ4n) is 2.25. The third kappa shape index (κ3) is 2.54. The van der Waals surface area contributed by atoms with Crippen LogP contribution in [0, 0.1) is 9.49 Å². The minimum atomic E-state index is 0.408. The molecule has 1 fully saturated rings. The van der Waals surface area contributed by atoms with Crippen LogP contribution < -0.4 is 5.73 Å². The molecule has 3 rings (SSSR count). The zero-order valence-corrected chi connectivity index (χ0v) is 13.5. The van der Waals surface area contributed by atoms with Crippen LogP contribution in [0.4, 0.5) is 5.82 Å². The first kappa shape index (κ1) is 13.8. The maximum Gasteiger partial charge on any atom is 0.198 e. The Kier molecular flexibility index (Phi) is 3.68. The number of hydrogen-bond donors (Lipinski definition) is 1. The molecule has 2 aromatic heterocycles. The van der Waals surface area contributed by atoms with Crippen LogP contribution in [0.2, 0.25) is 0 Å².